The average Bonchev–Trinajstić information content (AvgIpc) is 2.68. The molecule has 1 aliphatic heterocycles. The summed E-state index contributed by atoms with van der Waals surface area (Å²) in [4.78, 5) is 48.5. The van der Waals surface area contributed by atoms with Crippen molar-refractivity contribution in [3.05, 3.63) is 52.1 Å². The zero-order chi connectivity index (χ0) is 23.5. The molecule has 1 aromatic rings. The van der Waals surface area contributed by atoms with E-state index in [4.69, 9.17) is 10.7 Å². The molecule has 1 aromatic carbocycles. The number of carbonyl (C=O) groups excluding carboxylic acids is 2. The van der Waals surface area contributed by atoms with Crippen LogP contribution >= 0.6 is 10.7 Å². The molecule has 4 unspecified atom stereocenters. The first kappa shape index (κ1) is 24.5. The number of hydrogen-bond donors (Lipinski definition) is 2. The Morgan fingerprint density at radius 3 is 2.39 bits per heavy atom. The Balaban J connectivity index is 2.47. The lowest BCUT2D eigenvalue weighted by atomic mass is 9.80. The van der Waals surface area contributed by atoms with Crippen LogP contribution in [0, 0.1) is 10.1 Å². The van der Waals surface area contributed by atoms with E-state index in [9.17, 15) is 33.8 Å². The highest BCUT2D eigenvalue weighted by Gasteiger charge is 2.62. The molecule has 2 N–H and O–H groups in total. The van der Waals surface area contributed by atoms with Gasteiger partial charge in [0, 0.05) is 25.0 Å². The molecule has 0 saturated carbocycles. The van der Waals surface area contributed by atoms with Gasteiger partial charge in [0.05, 0.1) is 4.92 Å². The van der Waals surface area contributed by atoms with Gasteiger partial charge >= 0.3 is 5.97 Å². The molecule has 0 aliphatic carbocycles. The van der Waals surface area contributed by atoms with Crippen molar-refractivity contribution < 1.29 is 28.6 Å². The van der Waals surface area contributed by atoms with Crippen LogP contribution < -0.4 is 5.32 Å². The van der Waals surface area contributed by atoms with Crippen molar-refractivity contribution in [1.29, 1.82) is 0 Å². The zero-order valence-corrected chi connectivity index (χ0v) is 18.4. The lowest BCUT2D eigenvalue weighted by Gasteiger charge is -2.54. The van der Waals surface area contributed by atoms with E-state index in [1.807, 2.05) is 0 Å². The van der Waals surface area contributed by atoms with E-state index in [0.717, 1.165) is 4.90 Å². The number of carbonyl (C=O) groups is 3. The zero-order valence-electron chi connectivity index (χ0n) is 16.9. The third kappa shape index (κ3) is 4.62. The standard InChI is InChI=1S/C19H22ClN3O7S/c1-4-5-14(24)21-15-16(25)22(17(15)31(20)30)19(11(2)3,18(26)27)10-12-6-8-13(9-7-12)23(28)29/h6-9,15,17H,2,4-5,10H2,1,3H3,(H,21,24)(H,26,27). The van der Waals surface area contributed by atoms with E-state index in [-0.39, 0.29) is 24.1 Å². The number of nitrogens with one attached hydrogen (secondary N) is 1. The number of nitro benzene ring substituents is 1. The number of non-ortho nitro benzene ring substituents is 1. The van der Waals surface area contributed by atoms with Crippen molar-refractivity contribution in [2.24, 2.45) is 0 Å². The first-order valence-corrected chi connectivity index (χ1v) is 11.3. The molecule has 2 amide bonds. The summed E-state index contributed by atoms with van der Waals surface area (Å²) in [5.41, 5.74) is -1.76. The summed E-state index contributed by atoms with van der Waals surface area (Å²) >= 11 is 0. The Kier molecular flexibility index (Phi) is 7.55. The van der Waals surface area contributed by atoms with Crippen LogP contribution in [0.25, 0.3) is 0 Å². The fourth-order valence-corrected chi connectivity index (χ4v) is 4.89. The second-order valence-corrected chi connectivity index (χ2v) is 9.08. The van der Waals surface area contributed by atoms with Crippen molar-refractivity contribution in [3.8, 4) is 0 Å². The lowest BCUT2D eigenvalue weighted by Crippen LogP contribution is -2.79. The number of β-lactam (4-membered cyclic amide) rings is 1. The molecule has 4 atom stereocenters. The van der Waals surface area contributed by atoms with Gasteiger partial charge < -0.3 is 15.3 Å². The van der Waals surface area contributed by atoms with Crippen LogP contribution in [-0.4, -0.2) is 53.9 Å². The summed E-state index contributed by atoms with van der Waals surface area (Å²) in [5.74, 6) is -2.63. The number of aliphatic carboxylic acids is 1. The van der Waals surface area contributed by atoms with Crippen LogP contribution in [0.1, 0.15) is 32.3 Å². The van der Waals surface area contributed by atoms with E-state index < -0.39 is 49.7 Å². The highest BCUT2D eigenvalue weighted by atomic mass is 35.7. The highest BCUT2D eigenvalue weighted by Crippen LogP contribution is 2.39. The molecule has 12 heteroatoms. The lowest BCUT2D eigenvalue weighted by molar-refractivity contribution is -0.384. The minimum Gasteiger partial charge on any atom is -0.479 e. The quantitative estimate of drug-likeness (QED) is 0.174. The van der Waals surface area contributed by atoms with Crippen LogP contribution in [0.2, 0.25) is 0 Å². The molecule has 0 bridgehead atoms. The summed E-state index contributed by atoms with van der Waals surface area (Å²) < 4.78 is 12.2. The Bertz CT molecular complexity index is 936. The summed E-state index contributed by atoms with van der Waals surface area (Å²) in [6.45, 7) is 6.90. The summed E-state index contributed by atoms with van der Waals surface area (Å²) in [6.07, 6.45) is 0.371. The third-order valence-electron chi connectivity index (χ3n) is 5.10. The molecule has 168 valence electrons. The molecule has 0 aromatic heterocycles. The van der Waals surface area contributed by atoms with Gasteiger partial charge in [-0.25, -0.2) is 9.00 Å². The average molecular weight is 472 g/mol. The number of nitrogens with zero attached hydrogens (tertiary/aromatic N) is 2. The second-order valence-electron chi connectivity index (χ2n) is 7.19. The van der Waals surface area contributed by atoms with Gasteiger partial charge in [-0.3, -0.25) is 19.7 Å². The molecule has 0 radical (unpaired) electrons. The molecule has 1 fully saturated rings. The highest BCUT2D eigenvalue weighted by molar-refractivity contribution is 8.08. The Hall–Kier alpha value is -2.79. The molecule has 31 heavy (non-hydrogen) atoms. The Morgan fingerprint density at radius 1 is 1.39 bits per heavy atom. The van der Waals surface area contributed by atoms with Crippen LogP contribution in [0.3, 0.4) is 0 Å². The Labute approximate surface area is 185 Å². The number of halogens is 1. The first-order valence-electron chi connectivity index (χ1n) is 9.29. The van der Waals surface area contributed by atoms with Gasteiger partial charge in [-0.2, -0.15) is 0 Å². The van der Waals surface area contributed by atoms with Crippen LogP contribution in [0.5, 0.6) is 0 Å². The number of benzene rings is 1. The van der Waals surface area contributed by atoms with Crippen LogP contribution in [-0.2, 0) is 30.8 Å². The van der Waals surface area contributed by atoms with Crippen molar-refractivity contribution in [1.82, 2.24) is 10.2 Å². The largest absolute Gasteiger partial charge is 0.479 e. The van der Waals surface area contributed by atoms with Crippen molar-refractivity contribution in [2.75, 3.05) is 0 Å². The number of rotatable bonds is 10. The summed E-state index contributed by atoms with van der Waals surface area (Å²) in [7, 11) is 3.60. The van der Waals surface area contributed by atoms with E-state index in [1.54, 1.807) is 6.92 Å². The second kappa shape index (κ2) is 9.56. The third-order valence-corrected chi connectivity index (χ3v) is 6.52. The maximum atomic E-state index is 12.9. The maximum Gasteiger partial charge on any atom is 0.334 e. The minimum atomic E-state index is -2.20. The SMILES string of the molecule is C=C(C)C(Cc1ccc([N+](=O)[O-])cc1)(C(=O)O)N1C(=O)C(NC(=O)CCC)C1S(=O)Cl. The molecule has 1 heterocycles. The fraction of sp³-hybridized carbons (Fsp3) is 0.421. The molecular formula is C19H22ClN3O7S. The Morgan fingerprint density at radius 2 is 1.97 bits per heavy atom. The van der Waals surface area contributed by atoms with Crippen molar-refractivity contribution in [2.45, 2.75) is 50.1 Å². The number of hydrogen-bond acceptors (Lipinski definition) is 6. The van der Waals surface area contributed by atoms with Crippen molar-refractivity contribution in [3.63, 3.8) is 0 Å². The van der Waals surface area contributed by atoms with Crippen LogP contribution in [0.15, 0.2) is 36.4 Å². The smallest absolute Gasteiger partial charge is 0.334 e. The van der Waals surface area contributed by atoms with Gasteiger partial charge in [-0.15, -0.1) is 0 Å². The topological polar surface area (TPSA) is 147 Å². The van der Waals surface area contributed by atoms with E-state index in [0.29, 0.717) is 12.0 Å². The number of likely N-dealkylation sites (tertiary alicyclic amines) is 1. The summed E-state index contributed by atoms with van der Waals surface area (Å²) in [5, 5.41) is 22.1. The maximum absolute atomic E-state index is 12.9. The molecule has 10 nitrogen and oxygen atoms in total. The molecule has 2 rings (SSSR count). The normalized spacial score (nSPS) is 20.9. The first-order chi connectivity index (χ1) is 14.5. The number of nitro groups is 1. The monoisotopic (exact) mass is 471 g/mol. The predicted octanol–water partition coefficient (Wildman–Crippen LogP) is 1.89. The van der Waals surface area contributed by atoms with E-state index in [2.05, 4.69) is 11.9 Å². The van der Waals surface area contributed by atoms with Crippen LogP contribution in [0.4, 0.5) is 5.69 Å². The van der Waals surface area contributed by atoms with Gasteiger partial charge in [0.25, 0.3) is 11.6 Å². The molecular weight excluding hydrogens is 450 g/mol. The number of amides is 2. The van der Waals surface area contributed by atoms with Gasteiger partial charge in [0.1, 0.15) is 16.1 Å². The molecule has 1 aliphatic rings. The number of carboxylic acid groups (broad SMARTS) is 1. The minimum absolute atomic E-state index is 0.0668. The molecule has 1 saturated heterocycles. The van der Waals surface area contributed by atoms with Gasteiger partial charge in [0.15, 0.2) is 10.9 Å². The molecule has 0 spiro atoms. The number of carboxylic acids is 1. The van der Waals surface area contributed by atoms with Gasteiger partial charge in [-0.05, 0) is 35.2 Å². The van der Waals surface area contributed by atoms with Gasteiger partial charge in [0.2, 0.25) is 5.91 Å². The summed E-state index contributed by atoms with van der Waals surface area (Å²) in [6, 6.07) is 3.94. The fourth-order valence-electron chi connectivity index (χ4n) is 3.50. The predicted molar refractivity (Wildman–Crippen MR) is 113 cm³/mol. The van der Waals surface area contributed by atoms with E-state index in [1.165, 1.54) is 31.2 Å². The van der Waals surface area contributed by atoms with E-state index >= 15 is 0 Å². The van der Waals surface area contributed by atoms with Gasteiger partial charge in [-0.1, -0.05) is 25.6 Å². The van der Waals surface area contributed by atoms with Crippen molar-refractivity contribution >= 4 is 44.2 Å².